The van der Waals surface area contributed by atoms with Crippen LogP contribution in [0.2, 0.25) is 0 Å². The lowest BCUT2D eigenvalue weighted by atomic mass is 10.2. The maximum atomic E-state index is 11.3. The van der Waals surface area contributed by atoms with Crippen LogP contribution in [0.1, 0.15) is 26.6 Å². The van der Waals surface area contributed by atoms with Crippen LogP contribution in [-0.2, 0) is 22.9 Å². The molecule has 0 saturated heterocycles. The second-order valence-electron chi connectivity index (χ2n) is 4.67. The van der Waals surface area contributed by atoms with Gasteiger partial charge < -0.3 is 5.32 Å². The van der Waals surface area contributed by atoms with Crippen molar-refractivity contribution in [2.45, 2.75) is 33.9 Å². The van der Waals surface area contributed by atoms with Crippen LogP contribution in [0.15, 0.2) is 6.33 Å². The fourth-order valence-electron chi connectivity index (χ4n) is 1.50. The molecule has 0 saturated carbocycles. The molecule has 0 aliphatic heterocycles. The molecule has 0 radical (unpaired) electrons. The highest BCUT2D eigenvalue weighted by molar-refractivity contribution is 7.91. The number of nitrogens with one attached hydrogen (secondary N) is 1. The molecular weight excluding hydrogens is 252 g/mol. The third-order valence-corrected chi connectivity index (χ3v) is 4.25. The van der Waals surface area contributed by atoms with Crippen molar-refractivity contribution in [2.24, 2.45) is 5.92 Å². The van der Waals surface area contributed by atoms with E-state index in [1.165, 1.54) is 6.33 Å². The predicted octanol–water partition coefficient (Wildman–Crippen LogP) is 0.458. The van der Waals surface area contributed by atoms with E-state index >= 15 is 0 Å². The zero-order valence-corrected chi connectivity index (χ0v) is 12.1. The minimum Gasteiger partial charge on any atom is -0.309 e. The largest absolute Gasteiger partial charge is 0.309 e. The number of aromatic nitrogens is 3. The average molecular weight is 274 g/mol. The van der Waals surface area contributed by atoms with E-state index in [0.29, 0.717) is 19.0 Å². The molecule has 0 aliphatic rings. The minimum atomic E-state index is -2.90. The number of hydrogen-bond acceptors (Lipinski definition) is 5. The van der Waals surface area contributed by atoms with Gasteiger partial charge in [0.25, 0.3) is 0 Å². The Labute approximate surface area is 109 Å². The van der Waals surface area contributed by atoms with Crippen molar-refractivity contribution in [1.82, 2.24) is 20.1 Å². The first-order valence-corrected chi connectivity index (χ1v) is 8.04. The van der Waals surface area contributed by atoms with Crippen LogP contribution in [0.5, 0.6) is 0 Å². The molecule has 1 rings (SSSR count). The fourth-order valence-corrected chi connectivity index (χ4v) is 2.24. The molecule has 0 unspecified atom stereocenters. The molecule has 1 aromatic rings. The monoisotopic (exact) mass is 274 g/mol. The Morgan fingerprint density at radius 2 is 2.17 bits per heavy atom. The summed E-state index contributed by atoms with van der Waals surface area (Å²) in [7, 11) is -2.90. The SMILES string of the molecule is CCS(=O)(=O)CCNCc1ncnn1CC(C)C. The summed E-state index contributed by atoms with van der Waals surface area (Å²) < 4.78 is 24.5. The Kier molecular flexibility index (Phi) is 5.74. The molecule has 0 spiro atoms. The average Bonchev–Trinajstić information content (AvgIpc) is 2.71. The van der Waals surface area contributed by atoms with Crippen LogP contribution in [0, 0.1) is 5.92 Å². The van der Waals surface area contributed by atoms with Gasteiger partial charge in [-0.3, -0.25) is 0 Å². The van der Waals surface area contributed by atoms with E-state index in [2.05, 4.69) is 29.2 Å². The van der Waals surface area contributed by atoms with E-state index in [-0.39, 0.29) is 11.5 Å². The molecule has 0 aromatic carbocycles. The topological polar surface area (TPSA) is 76.9 Å². The summed E-state index contributed by atoms with van der Waals surface area (Å²) in [5.41, 5.74) is 0. The zero-order chi connectivity index (χ0) is 13.6. The maximum absolute atomic E-state index is 11.3. The molecule has 0 bridgehead atoms. The molecule has 7 heteroatoms. The summed E-state index contributed by atoms with van der Waals surface area (Å²) >= 11 is 0. The summed E-state index contributed by atoms with van der Waals surface area (Å²) in [6, 6.07) is 0. The zero-order valence-electron chi connectivity index (χ0n) is 11.3. The smallest absolute Gasteiger partial charge is 0.151 e. The van der Waals surface area contributed by atoms with Gasteiger partial charge in [-0.2, -0.15) is 5.10 Å². The van der Waals surface area contributed by atoms with Crippen LogP contribution < -0.4 is 5.32 Å². The number of nitrogens with zero attached hydrogens (tertiary/aromatic N) is 3. The second kappa shape index (κ2) is 6.84. The minimum absolute atomic E-state index is 0.168. The first-order chi connectivity index (χ1) is 8.44. The summed E-state index contributed by atoms with van der Waals surface area (Å²) in [5, 5.41) is 7.24. The fraction of sp³-hybridized carbons (Fsp3) is 0.818. The quantitative estimate of drug-likeness (QED) is 0.697. The van der Waals surface area contributed by atoms with Crippen molar-refractivity contribution in [3.8, 4) is 0 Å². The Bertz CT molecular complexity index is 453. The van der Waals surface area contributed by atoms with Crippen LogP contribution >= 0.6 is 0 Å². The molecule has 104 valence electrons. The number of rotatable bonds is 8. The summed E-state index contributed by atoms with van der Waals surface area (Å²) in [5.74, 6) is 1.71. The third kappa shape index (κ3) is 5.14. The van der Waals surface area contributed by atoms with E-state index < -0.39 is 9.84 Å². The van der Waals surface area contributed by atoms with Crippen LogP contribution in [0.25, 0.3) is 0 Å². The maximum Gasteiger partial charge on any atom is 0.151 e. The summed E-state index contributed by atoms with van der Waals surface area (Å²) in [6.45, 7) is 7.72. The van der Waals surface area contributed by atoms with E-state index in [1.54, 1.807) is 6.92 Å². The highest BCUT2D eigenvalue weighted by atomic mass is 32.2. The van der Waals surface area contributed by atoms with E-state index in [0.717, 1.165) is 12.4 Å². The van der Waals surface area contributed by atoms with Crippen molar-refractivity contribution in [3.63, 3.8) is 0 Å². The van der Waals surface area contributed by atoms with Crippen molar-refractivity contribution >= 4 is 9.84 Å². The Morgan fingerprint density at radius 1 is 1.44 bits per heavy atom. The first-order valence-electron chi connectivity index (χ1n) is 6.22. The molecule has 18 heavy (non-hydrogen) atoms. The van der Waals surface area contributed by atoms with Gasteiger partial charge in [0.15, 0.2) is 9.84 Å². The molecule has 0 atom stereocenters. The van der Waals surface area contributed by atoms with E-state index in [1.807, 2.05) is 4.68 Å². The predicted molar refractivity (Wildman–Crippen MR) is 70.9 cm³/mol. The van der Waals surface area contributed by atoms with Crippen molar-refractivity contribution in [3.05, 3.63) is 12.2 Å². The lowest BCUT2D eigenvalue weighted by Gasteiger charge is -2.09. The number of sulfone groups is 1. The van der Waals surface area contributed by atoms with Crippen molar-refractivity contribution < 1.29 is 8.42 Å². The van der Waals surface area contributed by atoms with Crippen molar-refractivity contribution in [1.29, 1.82) is 0 Å². The highest BCUT2D eigenvalue weighted by Crippen LogP contribution is 2.00. The summed E-state index contributed by atoms with van der Waals surface area (Å²) in [4.78, 5) is 4.16. The van der Waals surface area contributed by atoms with Gasteiger partial charge in [0.05, 0.1) is 12.3 Å². The van der Waals surface area contributed by atoms with Gasteiger partial charge in [-0.25, -0.2) is 18.1 Å². The lowest BCUT2D eigenvalue weighted by molar-refractivity contribution is 0.459. The Balaban J connectivity index is 2.38. The van der Waals surface area contributed by atoms with Gasteiger partial charge >= 0.3 is 0 Å². The molecule has 1 aromatic heterocycles. The van der Waals surface area contributed by atoms with Gasteiger partial charge in [-0.1, -0.05) is 20.8 Å². The summed E-state index contributed by atoms with van der Waals surface area (Å²) in [6.07, 6.45) is 1.53. The van der Waals surface area contributed by atoms with Gasteiger partial charge in [0.2, 0.25) is 0 Å². The number of hydrogen-bond donors (Lipinski definition) is 1. The van der Waals surface area contributed by atoms with Gasteiger partial charge in [-0.05, 0) is 5.92 Å². The standard InChI is InChI=1S/C11H22N4O2S/c1-4-18(16,17)6-5-12-7-11-13-9-14-15(11)8-10(2)3/h9-10,12H,4-8H2,1-3H3. The van der Waals surface area contributed by atoms with Crippen LogP contribution in [0.4, 0.5) is 0 Å². The molecule has 0 amide bonds. The van der Waals surface area contributed by atoms with Crippen LogP contribution in [-0.4, -0.2) is 41.2 Å². The molecule has 0 fully saturated rings. The van der Waals surface area contributed by atoms with E-state index in [4.69, 9.17) is 0 Å². The molecule has 6 nitrogen and oxygen atoms in total. The molecule has 1 N–H and O–H groups in total. The van der Waals surface area contributed by atoms with E-state index in [9.17, 15) is 8.42 Å². The Hall–Kier alpha value is -0.950. The first kappa shape index (κ1) is 15.1. The van der Waals surface area contributed by atoms with Gasteiger partial charge in [-0.15, -0.1) is 0 Å². The van der Waals surface area contributed by atoms with Crippen LogP contribution in [0.3, 0.4) is 0 Å². The molecule has 0 aliphatic carbocycles. The third-order valence-electron chi connectivity index (χ3n) is 2.55. The molecule has 1 heterocycles. The second-order valence-corrected chi connectivity index (χ2v) is 7.14. The van der Waals surface area contributed by atoms with Gasteiger partial charge in [0, 0.05) is 18.8 Å². The lowest BCUT2D eigenvalue weighted by Crippen LogP contribution is -2.25. The highest BCUT2D eigenvalue weighted by Gasteiger charge is 2.08. The van der Waals surface area contributed by atoms with Gasteiger partial charge in [0.1, 0.15) is 12.2 Å². The molecular formula is C11H22N4O2S. The normalized spacial score (nSPS) is 12.2. The Morgan fingerprint density at radius 3 is 2.78 bits per heavy atom. The van der Waals surface area contributed by atoms with Crippen molar-refractivity contribution in [2.75, 3.05) is 18.1 Å².